The highest BCUT2D eigenvalue weighted by Crippen LogP contribution is 2.24. The van der Waals surface area contributed by atoms with E-state index in [4.69, 9.17) is 4.74 Å². The van der Waals surface area contributed by atoms with Crippen LogP contribution in [0.25, 0.3) is 0 Å². The number of anilines is 1. The molecule has 0 bridgehead atoms. The first-order valence-corrected chi connectivity index (χ1v) is 6.06. The van der Waals surface area contributed by atoms with Gasteiger partial charge in [0.15, 0.2) is 6.10 Å². The highest BCUT2D eigenvalue weighted by molar-refractivity contribution is 9.10. The minimum absolute atomic E-state index is 0.346. The Balaban J connectivity index is 2.12. The molecule has 0 radical (unpaired) electrons. The van der Waals surface area contributed by atoms with E-state index < -0.39 is 6.10 Å². The Kier molecular flexibility index (Phi) is 3.96. The monoisotopic (exact) mass is 300 g/mol. The van der Waals surface area contributed by atoms with E-state index in [9.17, 15) is 4.79 Å². The second kappa shape index (κ2) is 5.46. The molecular weight excluding hydrogens is 288 g/mol. The van der Waals surface area contributed by atoms with Gasteiger partial charge in [-0.05, 0) is 28.1 Å². The fourth-order valence-electron chi connectivity index (χ4n) is 1.73. The lowest BCUT2D eigenvalue weighted by Gasteiger charge is -2.32. The summed E-state index contributed by atoms with van der Waals surface area (Å²) < 4.78 is 11.0. The fourth-order valence-corrected chi connectivity index (χ4v) is 2.23. The molecule has 1 aromatic heterocycles. The summed E-state index contributed by atoms with van der Waals surface area (Å²) in [5.74, 6) is 0.478. The summed E-state index contributed by atoms with van der Waals surface area (Å²) in [5, 5.41) is 0. The van der Waals surface area contributed by atoms with Crippen LogP contribution in [0, 0.1) is 0 Å². The van der Waals surface area contributed by atoms with E-state index in [1.165, 1.54) is 7.11 Å². The van der Waals surface area contributed by atoms with E-state index >= 15 is 0 Å². The summed E-state index contributed by atoms with van der Waals surface area (Å²) in [6.45, 7) is 1.66. The molecule has 0 aliphatic carbocycles. The lowest BCUT2D eigenvalue weighted by atomic mass is 10.2. The maximum absolute atomic E-state index is 11.4. The third kappa shape index (κ3) is 2.76. The Bertz CT molecular complexity index is 413. The number of methoxy groups -OCH3 is 1. The second-order valence-electron chi connectivity index (χ2n) is 3.64. The molecule has 0 saturated carbocycles. The molecule has 92 valence electrons. The van der Waals surface area contributed by atoms with E-state index in [2.05, 4.69) is 25.7 Å². The normalized spacial score (nSPS) is 20.1. The van der Waals surface area contributed by atoms with Crippen LogP contribution in [0.4, 0.5) is 5.82 Å². The molecule has 1 aliphatic heterocycles. The predicted octanol–water partition coefficient (Wildman–Crippen LogP) is 1.22. The van der Waals surface area contributed by atoms with Crippen molar-refractivity contribution in [2.24, 2.45) is 0 Å². The van der Waals surface area contributed by atoms with E-state index in [0.717, 1.165) is 10.3 Å². The molecule has 1 aliphatic rings. The van der Waals surface area contributed by atoms with Crippen molar-refractivity contribution in [3.63, 3.8) is 0 Å². The van der Waals surface area contributed by atoms with Gasteiger partial charge in [-0.2, -0.15) is 0 Å². The zero-order valence-electron chi connectivity index (χ0n) is 9.43. The van der Waals surface area contributed by atoms with E-state index in [-0.39, 0.29) is 5.97 Å². The Morgan fingerprint density at radius 1 is 1.71 bits per heavy atom. The fraction of sp³-hybridized carbons (Fsp3) is 0.455. The van der Waals surface area contributed by atoms with Crippen molar-refractivity contribution in [2.75, 3.05) is 31.7 Å². The maximum Gasteiger partial charge on any atom is 0.336 e. The van der Waals surface area contributed by atoms with Gasteiger partial charge in [0, 0.05) is 12.7 Å². The van der Waals surface area contributed by atoms with Crippen LogP contribution in [0.2, 0.25) is 0 Å². The lowest BCUT2D eigenvalue weighted by Crippen LogP contribution is -2.47. The van der Waals surface area contributed by atoms with Crippen molar-refractivity contribution in [1.29, 1.82) is 0 Å². The molecule has 1 unspecified atom stereocenters. The number of pyridine rings is 1. The van der Waals surface area contributed by atoms with Crippen molar-refractivity contribution in [2.45, 2.75) is 6.10 Å². The molecule has 1 saturated heterocycles. The van der Waals surface area contributed by atoms with Crippen LogP contribution >= 0.6 is 15.9 Å². The largest absolute Gasteiger partial charge is 0.467 e. The first kappa shape index (κ1) is 12.3. The zero-order chi connectivity index (χ0) is 12.3. The van der Waals surface area contributed by atoms with E-state index in [0.29, 0.717) is 19.7 Å². The van der Waals surface area contributed by atoms with Crippen LogP contribution in [-0.2, 0) is 14.3 Å². The number of halogens is 1. The Morgan fingerprint density at radius 3 is 3.24 bits per heavy atom. The van der Waals surface area contributed by atoms with Crippen molar-refractivity contribution >= 4 is 27.7 Å². The van der Waals surface area contributed by atoms with Crippen molar-refractivity contribution < 1.29 is 14.3 Å². The molecule has 0 aromatic carbocycles. The smallest absolute Gasteiger partial charge is 0.336 e. The highest BCUT2D eigenvalue weighted by atomic mass is 79.9. The molecule has 0 spiro atoms. The predicted molar refractivity (Wildman–Crippen MR) is 65.9 cm³/mol. The van der Waals surface area contributed by atoms with Gasteiger partial charge < -0.3 is 14.4 Å². The number of carbonyl (C=O) groups excluding carboxylic acids is 1. The van der Waals surface area contributed by atoms with Gasteiger partial charge in [0.05, 0.1) is 24.7 Å². The van der Waals surface area contributed by atoms with Crippen LogP contribution in [-0.4, -0.2) is 43.9 Å². The first-order valence-electron chi connectivity index (χ1n) is 5.27. The van der Waals surface area contributed by atoms with Crippen LogP contribution in [0.3, 0.4) is 0 Å². The number of rotatable bonds is 2. The number of morpholine rings is 1. The molecule has 17 heavy (non-hydrogen) atoms. The summed E-state index contributed by atoms with van der Waals surface area (Å²) in [5.41, 5.74) is 0. The topological polar surface area (TPSA) is 51.7 Å². The van der Waals surface area contributed by atoms with Gasteiger partial charge >= 0.3 is 5.97 Å². The molecule has 2 rings (SSSR count). The molecule has 1 atom stereocenters. The third-order valence-corrected chi connectivity index (χ3v) is 3.19. The second-order valence-corrected chi connectivity index (χ2v) is 4.49. The average Bonchev–Trinajstić information content (AvgIpc) is 2.38. The number of hydrogen-bond donors (Lipinski definition) is 0. The van der Waals surface area contributed by atoms with Crippen LogP contribution in [0.1, 0.15) is 0 Å². The van der Waals surface area contributed by atoms with Gasteiger partial charge in [0.2, 0.25) is 0 Å². The van der Waals surface area contributed by atoms with Gasteiger partial charge in [0.1, 0.15) is 5.82 Å². The number of hydrogen-bond acceptors (Lipinski definition) is 5. The number of nitrogens with zero attached hydrogens (tertiary/aromatic N) is 2. The highest BCUT2D eigenvalue weighted by Gasteiger charge is 2.28. The third-order valence-electron chi connectivity index (χ3n) is 2.57. The number of esters is 1. The van der Waals surface area contributed by atoms with Crippen molar-refractivity contribution in [3.05, 3.63) is 22.8 Å². The SMILES string of the molecule is COC(=O)C1CN(c2ncccc2Br)CCO1. The zero-order valence-corrected chi connectivity index (χ0v) is 11.0. The molecule has 2 heterocycles. The summed E-state index contributed by atoms with van der Waals surface area (Å²) in [6.07, 6.45) is 1.19. The minimum Gasteiger partial charge on any atom is -0.467 e. The summed E-state index contributed by atoms with van der Waals surface area (Å²) in [6, 6.07) is 3.77. The van der Waals surface area contributed by atoms with E-state index in [1.807, 2.05) is 17.0 Å². The van der Waals surface area contributed by atoms with Gasteiger partial charge in [-0.3, -0.25) is 0 Å². The molecule has 6 heteroatoms. The molecule has 1 aromatic rings. The number of aromatic nitrogens is 1. The molecule has 5 nitrogen and oxygen atoms in total. The van der Waals surface area contributed by atoms with Crippen molar-refractivity contribution in [3.8, 4) is 0 Å². The standard InChI is InChI=1S/C11H13BrN2O3/c1-16-11(15)9-7-14(5-6-17-9)10-8(12)3-2-4-13-10/h2-4,9H,5-7H2,1H3. The lowest BCUT2D eigenvalue weighted by molar-refractivity contribution is -0.154. The first-order chi connectivity index (χ1) is 8.22. The Morgan fingerprint density at radius 2 is 2.53 bits per heavy atom. The summed E-state index contributed by atoms with van der Waals surface area (Å²) in [7, 11) is 1.36. The summed E-state index contributed by atoms with van der Waals surface area (Å²) >= 11 is 3.44. The van der Waals surface area contributed by atoms with Crippen molar-refractivity contribution in [1.82, 2.24) is 4.98 Å². The van der Waals surface area contributed by atoms with Gasteiger partial charge in [-0.15, -0.1) is 0 Å². The molecule has 0 N–H and O–H groups in total. The molecular formula is C11H13BrN2O3. The van der Waals surface area contributed by atoms with E-state index in [1.54, 1.807) is 6.20 Å². The average molecular weight is 301 g/mol. The number of ether oxygens (including phenoxy) is 2. The Labute approximate surface area is 108 Å². The molecule has 0 amide bonds. The quantitative estimate of drug-likeness (QED) is 0.769. The van der Waals surface area contributed by atoms with Gasteiger partial charge in [-0.25, -0.2) is 9.78 Å². The number of carbonyl (C=O) groups is 1. The Hall–Kier alpha value is -1.14. The minimum atomic E-state index is -0.539. The van der Waals surface area contributed by atoms with Gasteiger partial charge in [0.25, 0.3) is 0 Å². The summed E-state index contributed by atoms with van der Waals surface area (Å²) in [4.78, 5) is 17.7. The van der Waals surface area contributed by atoms with Crippen LogP contribution < -0.4 is 4.90 Å². The molecule has 1 fully saturated rings. The maximum atomic E-state index is 11.4. The van der Waals surface area contributed by atoms with Gasteiger partial charge in [-0.1, -0.05) is 0 Å². The van der Waals surface area contributed by atoms with Crippen LogP contribution in [0.15, 0.2) is 22.8 Å². The van der Waals surface area contributed by atoms with Crippen LogP contribution in [0.5, 0.6) is 0 Å².